The molecule has 7 heteroatoms. The number of carbonyl (C=O) groups is 1. The zero-order valence-electron chi connectivity index (χ0n) is 16.3. The molecule has 0 saturated carbocycles. The van der Waals surface area contributed by atoms with Gasteiger partial charge in [-0.15, -0.1) is 0 Å². The summed E-state index contributed by atoms with van der Waals surface area (Å²) >= 11 is 7.42. The third kappa shape index (κ3) is 4.04. The lowest BCUT2D eigenvalue weighted by atomic mass is 10.1. The third-order valence-corrected chi connectivity index (χ3v) is 6.38. The molecule has 2 aromatic heterocycles. The first-order valence-electron chi connectivity index (χ1n) is 9.77. The van der Waals surface area contributed by atoms with Crippen molar-refractivity contribution in [2.24, 2.45) is 0 Å². The van der Waals surface area contributed by atoms with Gasteiger partial charge in [0.15, 0.2) is 4.96 Å². The predicted octanol–water partition coefficient (Wildman–Crippen LogP) is 5.98. The van der Waals surface area contributed by atoms with Crippen LogP contribution in [-0.2, 0) is 6.42 Å². The van der Waals surface area contributed by atoms with Crippen LogP contribution in [0.2, 0.25) is 5.02 Å². The first-order chi connectivity index (χ1) is 15.1. The summed E-state index contributed by atoms with van der Waals surface area (Å²) in [5.74, 6) is -0.372. The highest BCUT2D eigenvalue weighted by atomic mass is 35.5. The van der Waals surface area contributed by atoms with Crippen molar-refractivity contribution in [2.75, 3.05) is 6.54 Å². The molecule has 5 rings (SSSR count). The van der Waals surface area contributed by atoms with Crippen molar-refractivity contribution in [3.8, 4) is 11.3 Å². The minimum atomic E-state index is -0.269. The number of carbonyl (C=O) groups excluding carboxylic acids is 1. The van der Waals surface area contributed by atoms with Crippen LogP contribution in [0.15, 0.2) is 72.9 Å². The molecular formula is C24H17ClFN3OS. The zero-order valence-corrected chi connectivity index (χ0v) is 17.9. The number of fused-ring (bicyclic) bond motifs is 3. The number of amides is 1. The van der Waals surface area contributed by atoms with Crippen LogP contribution >= 0.6 is 22.9 Å². The second-order valence-electron chi connectivity index (χ2n) is 7.20. The van der Waals surface area contributed by atoms with E-state index in [-0.39, 0.29) is 11.7 Å². The standard InChI is InChI=1S/C24H17ClFN3OS/c25-18-6-1-15(2-7-18)11-12-27-23(30)17-5-10-21-22(13-17)31-24-28-20(14-29(21)24)16-3-8-19(26)9-4-16/h1-10,13-14H,11-12H2,(H,27,30). The summed E-state index contributed by atoms with van der Waals surface area (Å²) in [4.78, 5) is 18.1. The molecule has 31 heavy (non-hydrogen) atoms. The Hall–Kier alpha value is -3.22. The van der Waals surface area contributed by atoms with Crippen LogP contribution in [0.4, 0.5) is 4.39 Å². The Kier molecular flexibility index (Phi) is 5.18. The van der Waals surface area contributed by atoms with E-state index in [0.717, 1.165) is 38.4 Å². The average molecular weight is 450 g/mol. The molecule has 154 valence electrons. The molecule has 3 aromatic carbocycles. The summed E-state index contributed by atoms with van der Waals surface area (Å²) in [6.07, 6.45) is 2.68. The molecule has 0 atom stereocenters. The Morgan fingerprint density at radius 2 is 1.84 bits per heavy atom. The van der Waals surface area contributed by atoms with Gasteiger partial charge in [-0.1, -0.05) is 35.1 Å². The van der Waals surface area contributed by atoms with Gasteiger partial charge in [0.25, 0.3) is 5.91 Å². The Labute approximate surface area is 186 Å². The minimum Gasteiger partial charge on any atom is -0.352 e. The number of hydrogen-bond donors (Lipinski definition) is 1. The average Bonchev–Trinajstić information content (AvgIpc) is 3.33. The van der Waals surface area contributed by atoms with Gasteiger partial charge < -0.3 is 5.32 Å². The highest BCUT2D eigenvalue weighted by Crippen LogP contribution is 2.30. The Bertz CT molecular complexity index is 1390. The van der Waals surface area contributed by atoms with Crippen LogP contribution in [-0.4, -0.2) is 21.8 Å². The normalized spacial score (nSPS) is 11.3. The van der Waals surface area contributed by atoms with Crippen molar-refractivity contribution in [3.63, 3.8) is 0 Å². The molecule has 4 nitrogen and oxygen atoms in total. The van der Waals surface area contributed by atoms with E-state index >= 15 is 0 Å². The van der Waals surface area contributed by atoms with Gasteiger partial charge in [-0.25, -0.2) is 9.37 Å². The number of thiazole rings is 1. The largest absolute Gasteiger partial charge is 0.352 e. The fraction of sp³-hybridized carbons (Fsp3) is 0.0833. The second-order valence-corrected chi connectivity index (χ2v) is 8.65. The van der Waals surface area contributed by atoms with Gasteiger partial charge in [0, 0.05) is 28.9 Å². The van der Waals surface area contributed by atoms with E-state index in [1.807, 2.05) is 53.1 Å². The van der Waals surface area contributed by atoms with Gasteiger partial charge >= 0.3 is 0 Å². The molecule has 0 unspecified atom stereocenters. The van der Waals surface area contributed by atoms with Crippen molar-refractivity contribution in [3.05, 3.63) is 94.9 Å². The van der Waals surface area contributed by atoms with Gasteiger partial charge in [-0.05, 0) is 66.6 Å². The first kappa shape index (κ1) is 19.7. The molecule has 0 bridgehead atoms. The van der Waals surface area contributed by atoms with Crippen LogP contribution in [0.1, 0.15) is 15.9 Å². The fourth-order valence-electron chi connectivity index (χ4n) is 3.48. The lowest BCUT2D eigenvalue weighted by Gasteiger charge is -2.06. The van der Waals surface area contributed by atoms with Crippen molar-refractivity contribution in [2.45, 2.75) is 6.42 Å². The molecule has 0 aliphatic rings. The summed E-state index contributed by atoms with van der Waals surface area (Å²) in [6.45, 7) is 0.549. The molecule has 1 N–H and O–H groups in total. The quantitative estimate of drug-likeness (QED) is 0.358. The summed E-state index contributed by atoms with van der Waals surface area (Å²) < 4.78 is 16.2. The minimum absolute atomic E-state index is 0.103. The van der Waals surface area contributed by atoms with Gasteiger partial charge in [-0.3, -0.25) is 9.20 Å². The van der Waals surface area contributed by atoms with Gasteiger partial charge in [0.05, 0.1) is 15.9 Å². The lowest BCUT2D eigenvalue weighted by molar-refractivity contribution is 0.0954. The smallest absolute Gasteiger partial charge is 0.251 e. The van der Waals surface area contributed by atoms with E-state index in [1.165, 1.54) is 23.5 Å². The molecule has 0 aliphatic carbocycles. The number of aromatic nitrogens is 2. The van der Waals surface area contributed by atoms with Crippen LogP contribution in [0, 0.1) is 5.82 Å². The van der Waals surface area contributed by atoms with Crippen molar-refractivity contribution in [1.82, 2.24) is 14.7 Å². The zero-order chi connectivity index (χ0) is 21.4. The maximum atomic E-state index is 13.2. The molecule has 0 aliphatic heterocycles. The molecule has 0 spiro atoms. The number of hydrogen-bond acceptors (Lipinski definition) is 3. The predicted molar refractivity (Wildman–Crippen MR) is 123 cm³/mol. The van der Waals surface area contributed by atoms with E-state index in [0.29, 0.717) is 17.1 Å². The third-order valence-electron chi connectivity index (χ3n) is 5.11. The van der Waals surface area contributed by atoms with Crippen molar-refractivity contribution >= 4 is 44.0 Å². The van der Waals surface area contributed by atoms with Crippen molar-refractivity contribution in [1.29, 1.82) is 0 Å². The van der Waals surface area contributed by atoms with Crippen LogP contribution < -0.4 is 5.32 Å². The Morgan fingerprint density at radius 1 is 1.06 bits per heavy atom. The summed E-state index contributed by atoms with van der Waals surface area (Å²) in [7, 11) is 0. The van der Waals surface area contributed by atoms with E-state index in [2.05, 4.69) is 10.3 Å². The van der Waals surface area contributed by atoms with Gasteiger partial charge in [0.2, 0.25) is 0 Å². The topological polar surface area (TPSA) is 46.4 Å². The number of nitrogens with one attached hydrogen (secondary N) is 1. The van der Waals surface area contributed by atoms with E-state index in [9.17, 15) is 9.18 Å². The van der Waals surface area contributed by atoms with Crippen molar-refractivity contribution < 1.29 is 9.18 Å². The molecule has 2 heterocycles. The van der Waals surface area contributed by atoms with Gasteiger partial charge in [0.1, 0.15) is 5.82 Å². The fourth-order valence-corrected chi connectivity index (χ4v) is 4.65. The highest BCUT2D eigenvalue weighted by Gasteiger charge is 2.13. The number of imidazole rings is 1. The second kappa shape index (κ2) is 8.13. The van der Waals surface area contributed by atoms with Crippen LogP contribution in [0.3, 0.4) is 0 Å². The Balaban J connectivity index is 1.33. The van der Waals surface area contributed by atoms with Crippen LogP contribution in [0.5, 0.6) is 0 Å². The molecule has 1 amide bonds. The highest BCUT2D eigenvalue weighted by molar-refractivity contribution is 7.23. The lowest BCUT2D eigenvalue weighted by Crippen LogP contribution is -2.25. The van der Waals surface area contributed by atoms with E-state index in [1.54, 1.807) is 12.1 Å². The monoisotopic (exact) mass is 449 g/mol. The number of halogens is 2. The molecule has 0 fully saturated rings. The van der Waals surface area contributed by atoms with Crippen LogP contribution in [0.25, 0.3) is 26.4 Å². The van der Waals surface area contributed by atoms with E-state index in [4.69, 9.17) is 11.6 Å². The summed E-state index contributed by atoms with van der Waals surface area (Å²) in [5, 5.41) is 3.67. The maximum absolute atomic E-state index is 13.2. The SMILES string of the molecule is O=C(NCCc1ccc(Cl)cc1)c1ccc2c(c1)sc1nc(-c3ccc(F)cc3)cn12. The first-order valence-corrected chi connectivity index (χ1v) is 11.0. The number of benzene rings is 3. The molecule has 0 saturated heterocycles. The molecule has 0 radical (unpaired) electrons. The summed E-state index contributed by atoms with van der Waals surface area (Å²) in [5.41, 5.74) is 4.38. The van der Waals surface area contributed by atoms with Gasteiger partial charge in [-0.2, -0.15) is 0 Å². The Morgan fingerprint density at radius 3 is 2.61 bits per heavy atom. The van der Waals surface area contributed by atoms with E-state index < -0.39 is 0 Å². The molecular weight excluding hydrogens is 433 g/mol. The number of nitrogens with zero attached hydrogens (tertiary/aromatic N) is 2. The maximum Gasteiger partial charge on any atom is 0.251 e. The number of rotatable bonds is 5. The molecule has 5 aromatic rings. The summed E-state index contributed by atoms with van der Waals surface area (Å²) in [6, 6.07) is 19.6.